The van der Waals surface area contributed by atoms with E-state index < -0.39 is 5.91 Å². The summed E-state index contributed by atoms with van der Waals surface area (Å²) >= 11 is 1.59. The molecule has 0 fully saturated rings. The van der Waals surface area contributed by atoms with E-state index in [1.165, 1.54) is 0 Å². The van der Waals surface area contributed by atoms with Crippen molar-refractivity contribution >= 4 is 23.2 Å². The molecular weight excluding hydrogens is 248 g/mol. The first-order chi connectivity index (χ1) is 8.66. The van der Waals surface area contributed by atoms with Crippen molar-refractivity contribution < 1.29 is 9.59 Å². The number of primary amides is 1. The van der Waals surface area contributed by atoms with Crippen molar-refractivity contribution in [3.05, 3.63) is 57.8 Å². The molecule has 0 atom stereocenters. The third kappa shape index (κ3) is 2.95. The zero-order chi connectivity index (χ0) is 13.0. The Morgan fingerprint density at radius 1 is 1.11 bits per heavy atom. The van der Waals surface area contributed by atoms with Gasteiger partial charge in [-0.25, -0.2) is 0 Å². The summed E-state index contributed by atoms with van der Waals surface area (Å²) in [6.07, 6.45) is 0. The van der Waals surface area contributed by atoms with Crippen LogP contribution in [0, 0.1) is 0 Å². The van der Waals surface area contributed by atoms with Crippen LogP contribution in [0.15, 0.2) is 41.8 Å². The molecule has 0 bridgehead atoms. The highest BCUT2D eigenvalue weighted by atomic mass is 32.1. The number of nitrogens with two attached hydrogens (primary N) is 1. The second kappa shape index (κ2) is 5.46. The van der Waals surface area contributed by atoms with Gasteiger partial charge < -0.3 is 11.1 Å². The molecule has 1 heterocycles. The molecule has 1 aromatic carbocycles. The van der Waals surface area contributed by atoms with E-state index in [2.05, 4.69) is 5.32 Å². The molecule has 2 aromatic rings. The minimum absolute atomic E-state index is 0.167. The molecule has 92 valence electrons. The number of hydrogen-bond acceptors (Lipinski definition) is 3. The maximum atomic E-state index is 11.8. The Morgan fingerprint density at radius 2 is 1.78 bits per heavy atom. The first-order valence-corrected chi connectivity index (χ1v) is 6.25. The maximum absolute atomic E-state index is 11.8. The Labute approximate surface area is 108 Å². The molecule has 0 spiro atoms. The van der Waals surface area contributed by atoms with Gasteiger partial charge in [-0.3, -0.25) is 9.59 Å². The maximum Gasteiger partial charge on any atom is 0.251 e. The molecule has 2 rings (SSSR count). The number of hydrogen-bond donors (Lipinski definition) is 2. The number of benzene rings is 1. The molecular formula is C13H12N2O2S. The highest BCUT2D eigenvalue weighted by molar-refractivity contribution is 7.09. The normalized spacial score (nSPS) is 10.0. The van der Waals surface area contributed by atoms with Gasteiger partial charge in [-0.1, -0.05) is 6.07 Å². The fourth-order valence-electron chi connectivity index (χ4n) is 1.47. The third-order valence-corrected chi connectivity index (χ3v) is 3.31. The summed E-state index contributed by atoms with van der Waals surface area (Å²) in [4.78, 5) is 23.8. The highest BCUT2D eigenvalue weighted by Crippen LogP contribution is 2.08. The summed E-state index contributed by atoms with van der Waals surface area (Å²) < 4.78 is 0. The van der Waals surface area contributed by atoms with Crippen LogP contribution in [0.2, 0.25) is 0 Å². The van der Waals surface area contributed by atoms with Gasteiger partial charge in [-0.15, -0.1) is 11.3 Å². The number of rotatable bonds is 4. The van der Waals surface area contributed by atoms with Gasteiger partial charge in [-0.2, -0.15) is 0 Å². The molecule has 1 aromatic heterocycles. The first kappa shape index (κ1) is 12.3. The van der Waals surface area contributed by atoms with Crippen molar-refractivity contribution in [1.82, 2.24) is 5.32 Å². The molecule has 0 unspecified atom stereocenters. The van der Waals surface area contributed by atoms with E-state index >= 15 is 0 Å². The second-order valence-electron chi connectivity index (χ2n) is 3.70. The Bertz CT molecular complexity index is 547. The van der Waals surface area contributed by atoms with Crippen molar-refractivity contribution in [2.75, 3.05) is 0 Å². The first-order valence-electron chi connectivity index (χ1n) is 5.37. The van der Waals surface area contributed by atoms with Crippen molar-refractivity contribution in [3.63, 3.8) is 0 Å². The molecule has 0 saturated carbocycles. The Hall–Kier alpha value is -2.14. The van der Waals surface area contributed by atoms with Crippen molar-refractivity contribution in [2.45, 2.75) is 6.54 Å². The van der Waals surface area contributed by atoms with E-state index in [-0.39, 0.29) is 5.91 Å². The molecule has 0 saturated heterocycles. The summed E-state index contributed by atoms with van der Waals surface area (Å²) in [5.74, 6) is -0.667. The summed E-state index contributed by atoms with van der Waals surface area (Å²) in [6, 6.07) is 10.2. The fraction of sp³-hybridized carbons (Fsp3) is 0.0769. The quantitative estimate of drug-likeness (QED) is 0.879. The van der Waals surface area contributed by atoms with Gasteiger partial charge >= 0.3 is 0 Å². The van der Waals surface area contributed by atoms with E-state index in [1.807, 2.05) is 17.5 Å². The second-order valence-corrected chi connectivity index (χ2v) is 4.74. The summed E-state index contributed by atoms with van der Waals surface area (Å²) in [6.45, 7) is 0.508. The summed E-state index contributed by atoms with van der Waals surface area (Å²) in [7, 11) is 0. The monoisotopic (exact) mass is 260 g/mol. The van der Waals surface area contributed by atoms with Gasteiger partial charge in [0.1, 0.15) is 0 Å². The molecule has 5 heteroatoms. The minimum Gasteiger partial charge on any atom is -0.366 e. The molecule has 0 aliphatic rings. The van der Waals surface area contributed by atoms with Gasteiger partial charge in [-0.05, 0) is 35.7 Å². The van der Waals surface area contributed by atoms with E-state index in [1.54, 1.807) is 35.6 Å². The van der Waals surface area contributed by atoms with Crippen LogP contribution in [0.25, 0.3) is 0 Å². The average molecular weight is 260 g/mol. The number of carbonyl (C=O) groups excluding carboxylic acids is 2. The predicted octanol–water partition coefficient (Wildman–Crippen LogP) is 1.78. The van der Waals surface area contributed by atoms with Crippen molar-refractivity contribution in [2.24, 2.45) is 5.73 Å². The third-order valence-electron chi connectivity index (χ3n) is 2.43. The lowest BCUT2D eigenvalue weighted by Gasteiger charge is -2.04. The molecule has 0 aliphatic carbocycles. The molecule has 2 amide bonds. The lowest BCUT2D eigenvalue weighted by Crippen LogP contribution is -2.22. The number of nitrogens with one attached hydrogen (secondary N) is 1. The number of thiophene rings is 1. The van der Waals surface area contributed by atoms with Crippen LogP contribution < -0.4 is 11.1 Å². The topological polar surface area (TPSA) is 72.2 Å². The van der Waals surface area contributed by atoms with Crippen LogP contribution in [0.4, 0.5) is 0 Å². The SMILES string of the molecule is NC(=O)c1ccc(C(=O)NCc2cccs2)cc1. The number of carbonyl (C=O) groups is 2. The molecule has 4 nitrogen and oxygen atoms in total. The van der Waals surface area contributed by atoms with E-state index in [4.69, 9.17) is 5.73 Å². The average Bonchev–Trinajstić information content (AvgIpc) is 2.89. The molecule has 3 N–H and O–H groups in total. The standard InChI is InChI=1S/C13H12N2O2S/c14-12(16)9-3-5-10(6-4-9)13(17)15-8-11-2-1-7-18-11/h1-7H,8H2,(H2,14,16)(H,15,17). The van der Waals surface area contributed by atoms with Gasteiger partial charge in [0.25, 0.3) is 5.91 Å². The lowest BCUT2D eigenvalue weighted by molar-refractivity contribution is 0.0948. The molecule has 18 heavy (non-hydrogen) atoms. The smallest absolute Gasteiger partial charge is 0.251 e. The predicted molar refractivity (Wildman–Crippen MR) is 70.4 cm³/mol. The number of amides is 2. The minimum atomic E-state index is -0.499. The van der Waals surface area contributed by atoms with E-state index in [9.17, 15) is 9.59 Å². The lowest BCUT2D eigenvalue weighted by atomic mass is 10.1. The largest absolute Gasteiger partial charge is 0.366 e. The van der Waals surface area contributed by atoms with Crippen LogP contribution in [-0.2, 0) is 6.54 Å². The van der Waals surface area contributed by atoms with Gasteiger partial charge in [0, 0.05) is 16.0 Å². The zero-order valence-corrected chi connectivity index (χ0v) is 10.4. The Balaban J connectivity index is 1.98. The van der Waals surface area contributed by atoms with Gasteiger partial charge in [0.05, 0.1) is 6.54 Å². The van der Waals surface area contributed by atoms with Gasteiger partial charge in [0.2, 0.25) is 5.91 Å². The zero-order valence-electron chi connectivity index (χ0n) is 9.55. The Kier molecular flexibility index (Phi) is 3.74. The van der Waals surface area contributed by atoms with Crippen molar-refractivity contribution in [3.8, 4) is 0 Å². The Morgan fingerprint density at radius 3 is 2.33 bits per heavy atom. The van der Waals surface area contributed by atoms with Crippen LogP contribution >= 0.6 is 11.3 Å². The molecule has 0 radical (unpaired) electrons. The van der Waals surface area contributed by atoms with Crippen LogP contribution in [0.1, 0.15) is 25.6 Å². The van der Waals surface area contributed by atoms with E-state index in [0.717, 1.165) is 4.88 Å². The summed E-state index contributed by atoms with van der Waals surface area (Å²) in [5, 5.41) is 4.77. The van der Waals surface area contributed by atoms with Crippen LogP contribution in [0.3, 0.4) is 0 Å². The highest BCUT2D eigenvalue weighted by Gasteiger charge is 2.06. The molecule has 0 aliphatic heterocycles. The van der Waals surface area contributed by atoms with Crippen LogP contribution in [0.5, 0.6) is 0 Å². The van der Waals surface area contributed by atoms with Crippen molar-refractivity contribution in [1.29, 1.82) is 0 Å². The fourth-order valence-corrected chi connectivity index (χ4v) is 2.11. The summed E-state index contributed by atoms with van der Waals surface area (Å²) in [5.41, 5.74) is 6.03. The van der Waals surface area contributed by atoms with Crippen LogP contribution in [-0.4, -0.2) is 11.8 Å². The van der Waals surface area contributed by atoms with Gasteiger partial charge in [0.15, 0.2) is 0 Å². The van der Waals surface area contributed by atoms with E-state index in [0.29, 0.717) is 17.7 Å².